The third kappa shape index (κ3) is 2.04. The van der Waals surface area contributed by atoms with E-state index in [9.17, 15) is 4.79 Å². The monoisotopic (exact) mass is 257 g/mol. The van der Waals surface area contributed by atoms with Crippen LogP contribution in [0.4, 0.5) is 0 Å². The smallest absolute Gasteiger partial charge is 0.168 e. The second kappa shape index (κ2) is 4.86. The molecule has 1 aromatic heterocycles. The lowest BCUT2D eigenvalue weighted by atomic mass is 9.76. The zero-order chi connectivity index (χ0) is 10.3. The molecule has 3 aliphatic rings. The minimum Gasteiger partial charge on any atom is -0.303 e. The van der Waals surface area contributed by atoms with E-state index in [-0.39, 0.29) is 18.3 Å². The number of ketones is 1. The molecule has 4 heterocycles. The number of piperidine rings is 3. The Kier molecular flexibility index (Phi) is 3.67. The standard InChI is InChI=1S/C12H15NOS.ClH/c14-12(10-3-6-15-8-10)11-7-13-4-1-9(11)2-5-13;/h3,6,8-9,11H,1-2,4-5,7H2;1H. The molecule has 2 bridgehead atoms. The zero-order valence-electron chi connectivity index (χ0n) is 9.09. The fraction of sp³-hybridized carbons (Fsp3) is 0.583. The number of halogens is 1. The molecular weight excluding hydrogens is 242 g/mol. The van der Waals surface area contributed by atoms with Gasteiger partial charge in [-0.25, -0.2) is 0 Å². The molecule has 0 saturated carbocycles. The molecule has 0 radical (unpaired) electrons. The Labute approximate surface area is 106 Å². The lowest BCUT2D eigenvalue weighted by molar-refractivity contribution is 0.0419. The summed E-state index contributed by atoms with van der Waals surface area (Å²) in [5.74, 6) is 1.31. The molecule has 0 amide bonds. The van der Waals surface area contributed by atoms with Crippen molar-refractivity contribution in [1.82, 2.24) is 4.90 Å². The van der Waals surface area contributed by atoms with Crippen molar-refractivity contribution in [3.05, 3.63) is 22.4 Å². The fourth-order valence-corrected chi connectivity index (χ4v) is 3.53. The van der Waals surface area contributed by atoms with E-state index in [1.165, 1.54) is 25.9 Å². The second-order valence-corrected chi connectivity index (χ2v) is 5.40. The van der Waals surface area contributed by atoms with Gasteiger partial charge in [-0.3, -0.25) is 4.79 Å². The van der Waals surface area contributed by atoms with Gasteiger partial charge in [0, 0.05) is 23.4 Å². The van der Waals surface area contributed by atoms with Crippen LogP contribution in [0.1, 0.15) is 23.2 Å². The minimum absolute atomic E-state index is 0. The first-order chi connectivity index (χ1) is 7.34. The summed E-state index contributed by atoms with van der Waals surface area (Å²) in [6, 6.07) is 1.96. The largest absolute Gasteiger partial charge is 0.303 e. The van der Waals surface area contributed by atoms with Gasteiger partial charge < -0.3 is 4.90 Å². The van der Waals surface area contributed by atoms with Crippen LogP contribution in [0.2, 0.25) is 0 Å². The molecule has 88 valence electrons. The van der Waals surface area contributed by atoms with Crippen LogP contribution in [-0.2, 0) is 0 Å². The van der Waals surface area contributed by atoms with E-state index in [1.807, 2.05) is 16.8 Å². The molecule has 0 N–H and O–H groups in total. The van der Waals surface area contributed by atoms with Crippen molar-refractivity contribution in [3.8, 4) is 0 Å². The summed E-state index contributed by atoms with van der Waals surface area (Å²) in [5, 5.41) is 3.98. The predicted molar refractivity (Wildman–Crippen MR) is 68.6 cm³/mol. The first-order valence-corrected chi connectivity index (χ1v) is 6.57. The van der Waals surface area contributed by atoms with Gasteiger partial charge in [-0.2, -0.15) is 11.3 Å². The summed E-state index contributed by atoms with van der Waals surface area (Å²) in [6.45, 7) is 3.41. The number of carbonyl (C=O) groups is 1. The van der Waals surface area contributed by atoms with Crippen LogP contribution < -0.4 is 0 Å². The van der Waals surface area contributed by atoms with E-state index in [2.05, 4.69) is 4.90 Å². The number of hydrogen-bond donors (Lipinski definition) is 0. The number of fused-ring (bicyclic) bond motifs is 3. The van der Waals surface area contributed by atoms with Gasteiger partial charge in [0.2, 0.25) is 0 Å². The summed E-state index contributed by atoms with van der Waals surface area (Å²) in [7, 11) is 0. The normalized spacial score (nSPS) is 32.1. The summed E-state index contributed by atoms with van der Waals surface area (Å²) in [4.78, 5) is 14.7. The van der Waals surface area contributed by atoms with Gasteiger partial charge in [-0.05, 0) is 43.3 Å². The average Bonchev–Trinajstić information content (AvgIpc) is 2.83. The molecule has 1 aromatic rings. The number of Topliss-reactive ketones (excluding diaryl/α,β-unsaturated/α-hetero) is 1. The molecule has 3 aliphatic heterocycles. The van der Waals surface area contributed by atoms with Crippen LogP contribution in [-0.4, -0.2) is 30.3 Å². The van der Waals surface area contributed by atoms with Gasteiger partial charge in [-0.15, -0.1) is 12.4 Å². The highest BCUT2D eigenvalue weighted by molar-refractivity contribution is 7.08. The number of nitrogens with zero attached hydrogens (tertiary/aromatic N) is 1. The molecule has 1 atom stereocenters. The average molecular weight is 258 g/mol. The van der Waals surface area contributed by atoms with Crippen LogP contribution in [0.15, 0.2) is 16.8 Å². The van der Waals surface area contributed by atoms with Crippen molar-refractivity contribution in [2.45, 2.75) is 12.8 Å². The van der Waals surface area contributed by atoms with Gasteiger partial charge in [0.15, 0.2) is 5.78 Å². The Hall–Kier alpha value is -0.380. The highest BCUT2D eigenvalue weighted by Crippen LogP contribution is 2.34. The maximum atomic E-state index is 12.2. The first-order valence-electron chi connectivity index (χ1n) is 5.63. The van der Waals surface area contributed by atoms with Gasteiger partial charge in [0.1, 0.15) is 0 Å². The van der Waals surface area contributed by atoms with E-state index in [1.54, 1.807) is 11.3 Å². The molecule has 0 aromatic carbocycles. The maximum absolute atomic E-state index is 12.2. The third-order valence-electron chi connectivity index (χ3n) is 3.80. The molecule has 2 nitrogen and oxygen atoms in total. The number of thiophene rings is 1. The van der Waals surface area contributed by atoms with E-state index in [0.717, 1.165) is 12.1 Å². The maximum Gasteiger partial charge on any atom is 0.168 e. The predicted octanol–water partition coefficient (Wildman–Crippen LogP) is 2.69. The topological polar surface area (TPSA) is 20.3 Å². The first kappa shape index (κ1) is 12.1. The zero-order valence-corrected chi connectivity index (χ0v) is 10.7. The summed E-state index contributed by atoms with van der Waals surface area (Å²) in [5.41, 5.74) is 0.929. The van der Waals surface area contributed by atoms with Crippen molar-refractivity contribution in [2.24, 2.45) is 11.8 Å². The highest BCUT2D eigenvalue weighted by atomic mass is 35.5. The number of hydrogen-bond acceptors (Lipinski definition) is 3. The molecule has 3 fully saturated rings. The third-order valence-corrected chi connectivity index (χ3v) is 4.48. The van der Waals surface area contributed by atoms with Crippen molar-refractivity contribution in [2.75, 3.05) is 19.6 Å². The second-order valence-electron chi connectivity index (χ2n) is 4.62. The Morgan fingerprint density at radius 2 is 2.12 bits per heavy atom. The molecule has 4 rings (SSSR count). The van der Waals surface area contributed by atoms with Crippen molar-refractivity contribution in [3.63, 3.8) is 0 Å². The lowest BCUT2D eigenvalue weighted by Gasteiger charge is -2.44. The Morgan fingerprint density at radius 3 is 2.62 bits per heavy atom. The van der Waals surface area contributed by atoms with E-state index in [0.29, 0.717) is 11.7 Å². The van der Waals surface area contributed by atoms with Crippen molar-refractivity contribution in [1.29, 1.82) is 0 Å². The van der Waals surface area contributed by atoms with Crippen LogP contribution in [0, 0.1) is 11.8 Å². The van der Waals surface area contributed by atoms with Crippen molar-refractivity contribution >= 4 is 29.5 Å². The Morgan fingerprint density at radius 1 is 1.38 bits per heavy atom. The Bertz CT molecular complexity index is 357. The van der Waals surface area contributed by atoms with E-state index >= 15 is 0 Å². The van der Waals surface area contributed by atoms with Crippen molar-refractivity contribution < 1.29 is 4.79 Å². The van der Waals surface area contributed by atoms with Gasteiger partial charge in [0.25, 0.3) is 0 Å². The minimum atomic E-state index is 0. The number of rotatable bonds is 2. The van der Waals surface area contributed by atoms with E-state index in [4.69, 9.17) is 0 Å². The van der Waals surface area contributed by atoms with Crippen LogP contribution in [0.5, 0.6) is 0 Å². The van der Waals surface area contributed by atoms with Gasteiger partial charge in [-0.1, -0.05) is 0 Å². The summed E-state index contributed by atoms with van der Waals surface area (Å²) in [6.07, 6.45) is 2.45. The van der Waals surface area contributed by atoms with Crippen LogP contribution in [0.25, 0.3) is 0 Å². The quantitative estimate of drug-likeness (QED) is 0.760. The molecule has 1 unspecified atom stereocenters. The molecule has 3 saturated heterocycles. The molecule has 0 aliphatic carbocycles. The highest BCUT2D eigenvalue weighted by Gasteiger charge is 2.38. The summed E-state index contributed by atoms with van der Waals surface area (Å²) >= 11 is 1.62. The van der Waals surface area contributed by atoms with Gasteiger partial charge >= 0.3 is 0 Å². The molecule has 4 heteroatoms. The van der Waals surface area contributed by atoms with Crippen LogP contribution in [0.3, 0.4) is 0 Å². The number of carbonyl (C=O) groups excluding carboxylic acids is 1. The Balaban J connectivity index is 0.000000963. The lowest BCUT2D eigenvalue weighted by Crippen LogP contribution is -2.49. The fourth-order valence-electron chi connectivity index (χ4n) is 2.88. The molecule has 16 heavy (non-hydrogen) atoms. The van der Waals surface area contributed by atoms with Crippen LogP contribution >= 0.6 is 23.7 Å². The molecule has 0 spiro atoms. The SMILES string of the molecule is Cl.O=C(c1ccsc1)C1CN2CCC1CC2. The molecular formula is C12H16ClNOS. The van der Waals surface area contributed by atoms with Gasteiger partial charge in [0.05, 0.1) is 0 Å². The summed E-state index contributed by atoms with van der Waals surface area (Å²) < 4.78 is 0. The van der Waals surface area contributed by atoms with E-state index < -0.39 is 0 Å².